The second-order valence-electron chi connectivity index (χ2n) is 5.09. The van der Waals surface area contributed by atoms with Crippen LogP contribution in [0.2, 0.25) is 0 Å². The van der Waals surface area contributed by atoms with Crippen LogP contribution in [0.3, 0.4) is 0 Å². The number of nitro benzene ring substituents is 1. The Morgan fingerprint density at radius 1 is 1.38 bits per heavy atom. The van der Waals surface area contributed by atoms with E-state index in [1.54, 1.807) is 12.1 Å². The topological polar surface area (TPSA) is 113 Å². The third kappa shape index (κ3) is 3.35. The fraction of sp³-hybridized carbons (Fsp3) is 0.429. The van der Waals surface area contributed by atoms with Crippen molar-refractivity contribution in [3.8, 4) is 6.07 Å². The molecule has 1 aliphatic heterocycles. The molecule has 2 rings (SSSR count). The Labute approximate surface area is 122 Å². The third-order valence-corrected chi connectivity index (χ3v) is 3.84. The molecule has 1 atom stereocenters. The number of amides is 1. The number of nitro groups is 1. The summed E-state index contributed by atoms with van der Waals surface area (Å²) in [5, 5.41) is 20.0. The molecule has 1 saturated heterocycles. The van der Waals surface area contributed by atoms with Crippen molar-refractivity contribution in [2.24, 2.45) is 11.7 Å². The van der Waals surface area contributed by atoms with Gasteiger partial charge in [0.05, 0.1) is 11.0 Å². The molecule has 1 aromatic carbocycles. The lowest BCUT2D eigenvalue weighted by Gasteiger charge is -2.33. The maximum atomic E-state index is 11.1. The highest BCUT2D eigenvalue weighted by molar-refractivity contribution is 5.76. The molecule has 0 aromatic heterocycles. The van der Waals surface area contributed by atoms with E-state index in [2.05, 4.69) is 6.07 Å². The summed E-state index contributed by atoms with van der Waals surface area (Å²) < 4.78 is 0. The molecule has 2 N–H and O–H groups in total. The van der Waals surface area contributed by atoms with Gasteiger partial charge in [-0.15, -0.1) is 0 Å². The molecule has 0 radical (unpaired) electrons. The van der Waals surface area contributed by atoms with E-state index in [1.165, 1.54) is 12.1 Å². The molecule has 110 valence electrons. The van der Waals surface area contributed by atoms with Gasteiger partial charge in [-0.3, -0.25) is 19.8 Å². The minimum Gasteiger partial charge on any atom is -0.369 e. The van der Waals surface area contributed by atoms with Crippen LogP contribution in [0.4, 0.5) is 5.69 Å². The first-order valence-electron chi connectivity index (χ1n) is 6.70. The van der Waals surface area contributed by atoms with Gasteiger partial charge in [0.2, 0.25) is 5.91 Å². The van der Waals surface area contributed by atoms with E-state index in [1.807, 2.05) is 4.90 Å². The van der Waals surface area contributed by atoms with Crippen molar-refractivity contribution in [1.29, 1.82) is 5.26 Å². The lowest BCUT2D eigenvalue weighted by atomic mass is 9.94. The number of carbonyl (C=O) groups excluding carboxylic acids is 1. The van der Waals surface area contributed by atoms with E-state index in [0.29, 0.717) is 25.9 Å². The molecule has 1 aliphatic rings. The molecule has 1 amide bonds. The highest BCUT2D eigenvalue weighted by atomic mass is 16.6. The molecule has 1 fully saturated rings. The number of benzene rings is 1. The van der Waals surface area contributed by atoms with Crippen molar-refractivity contribution in [3.05, 3.63) is 39.9 Å². The number of nitrogens with zero attached hydrogens (tertiary/aromatic N) is 3. The minimum atomic E-state index is -0.469. The van der Waals surface area contributed by atoms with Crippen molar-refractivity contribution in [2.45, 2.75) is 18.9 Å². The van der Waals surface area contributed by atoms with Crippen molar-refractivity contribution in [1.82, 2.24) is 4.90 Å². The zero-order valence-corrected chi connectivity index (χ0v) is 11.4. The molecule has 0 spiro atoms. The summed E-state index contributed by atoms with van der Waals surface area (Å²) >= 11 is 0. The molecule has 7 nitrogen and oxygen atoms in total. The number of nitriles is 1. The van der Waals surface area contributed by atoms with E-state index in [4.69, 9.17) is 5.73 Å². The second-order valence-corrected chi connectivity index (χ2v) is 5.09. The number of piperidine rings is 1. The van der Waals surface area contributed by atoms with Crippen molar-refractivity contribution < 1.29 is 9.72 Å². The summed E-state index contributed by atoms with van der Waals surface area (Å²) in [6, 6.07) is 7.77. The fourth-order valence-corrected chi connectivity index (χ4v) is 2.59. The molecular weight excluding hydrogens is 272 g/mol. The molecule has 7 heteroatoms. The fourth-order valence-electron chi connectivity index (χ4n) is 2.59. The monoisotopic (exact) mass is 288 g/mol. The molecule has 1 aromatic rings. The first-order valence-corrected chi connectivity index (χ1v) is 6.70. The molecule has 1 unspecified atom stereocenters. The van der Waals surface area contributed by atoms with Crippen LogP contribution in [-0.4, -0.2) is 28.8 Å². The SMILES string of the molecule is N#CC(c1ccc([N+](=O)[O-])cc1)N1CCC(C(N)=O)CC1. The number of non-ortho nitro benzene ring substituents is 1. The van der Waals surface area contributed by atoms with Crippen molar-refractivity contribution >= 4 is 11.6 Å². The molecule has 21 heavy (non-hydrogen) atoms. The van der Waals surface area contributed by atoms with Crippen LogP contribution in [0, 0.1) is 27.4 Å². The lowest BCUT2D eigenvalue weighted by Crippen LogP contribution is -2.40. The third-order valence-electron chi connectivity index (χ3n) is 3.84. The molecule has 0 aliphatic carbocycles. The van der Waals surface area contributed by atoms with Gasteiger partial charge >= 0.3 is 0 Å². The maximum absolute atomic E-state index is 11.1. The molecule has 0 saturated carbocycles. The summed E-state index contributed by atoms with van der Waals surface area (Å²) in [5.41, 5.74) is 6.02. The molecular formula is C14H16N4O3. The maximum Gasteiger partial charge on any atom is 0.269 e. The Balaban J connectivity index is 2.08. The summed E-state index contributed by atoms with van der Waals surface area (Å²) in [4.78, 5) is 23.3. The predicted molar refractivity (Wildman–Crippen MR) is 74.9 cm³/mol. The number of likely N-dealkylation sites (tertiary alicyclic amines) is 1. The highest BCUT2D eigenvalue weighted by Gasteiger charge is 2.28. The Kier molecular flexibility index (Phi) is 4.50. The van der Waals surface area contributed by atoms with E-state index >= 15 is 0 Å². The van der Waals surface area contributed by atoms with Gasteiger partial charge in [-0.2, -0.15) is 5.26 Å². The summed E-state index contributed by atoms with van der Waals surface area (Å²) in [6.07, 6.45) is 1.28. The van der Waals surface area contributed by atoms with E-state index in [0.717, 1.165) is 5.56 Å². The van der Waals surface area contributed by atoms with E-state index in [9.17, 15) is 20.2 Å². The Morgan fingerprint density at radius 2 is 1.95 bits per heavy atom. The number of hydrogen-bond acceptors (Lipinski definition) is 5. The lowest BCUT2D eigenvalue weighted by molar-refractivity contribution is -0.384. The van der Waals surface area contributed by atoms with Crippen molar-refractivity contribution in [2.75, 3.05) is 13.1 Å². The van der Waals surface area contributed by atoms with Crippen LogP contribution >= 0.6 is 0 Å². The average molecular weight is 288 g/mol. The smallest absolute Gasteiger partial charge is 0.269 e. The van der Waals surface area contributed by atoms with Gasteiger partial charge in [-0.05, 0) is 30.5 Å². The summed E-state index contributed by atoms with van der Waals surface area (Å²) in [5.74, 6) is -0.420. The van der Waals surface area contributed by atoms with Crippen molar-refractivity contribution in [3.63, 3.8) is 0 Å². The van der Waals surface area contributed by atoms with Gasteiger partial charge in [0, 0.05) is 31.1 Å². The number of primary amides is 1. The minimum absolute atomic E-state index is 0.00266. The first kappa shape index (κ1) is 14.9. The number of rotatable bonds is 4. The number of hydrogen-bond donors (Lipinski definition) is 1. The van der Waals surface area contributed by atoms with Gasteiger partial charge in [-0.25, -0.2) is 0 Å². The second kappa shape index (κ2) is 6.33. The van der Waals surface area contributed by atoms with Gasteiger partial charge in [0.25, 0.3) is 5.69 Å². The summed E-state index contributed by atoms with van der Waals surface area (Å²) in [6.45, 7) is 1.23. The quantitative estimate of drug-likeness (QED) is 0.663. The number of nitrogens with two attached hydrogens (primary N) is 1. The Hall–Kier alpha value is -2.46. The van der Waals surface area contributed by atoms with Gasteiger partial charge in [0.15, 0.2) is 0 Å². The van der Waals surface area contributed by atoms with Gasteiger partial charge < -0.3 is 5.73 Å². The van der Waals surface area contributed by atoms with Crippen LogP contribution in [0.15, 0.2) is 24.3 Å². The van der Waals surface area contributed by atoms with Gasteiger partial charge in [0.1, 0.15) is 6.04 Å². The van der Waals surface area contributed by atoms with Crippen LogP contribution < -0.4 is 5.73 Å². The normalized spacial score (nSPS) is 17.9. The van der Waals surface area contributed by atoms with Gasteiger partial charge in [-0.1, -0.05) is 0 Å². The Morgan fingerprint density at radius 3 is 2.38 bits per heavy atom. The first-order chi connectivity index (χ1) is 10.0. The average Bonchev–Trinajstić information content (AvgIpc) is 2.49. The van der Waals surface area contributed by atoms with E-state index < -0.39 is 11.0 Å². The highest BCUT2D eigenvalue weighted by Crippen LogP contribution is 2.27. The zero-order chi connectivity index (χ0) is 15.4. The molecule has 0 bridgehead atoms. The van der Waals surface area contributed by atoms with Crippen LogP contribution in [0.25, 0.3) is 0 Å². The standard InChI is InChI=1S/C14H16N4O3/c15-9-13(10-1-3-12(4-2-10)18(20)21)17-7-5-11(6-8-17)14(16)19/h1-4,11,13H,5-8H2,(H2,16,19). The zero-order valence-electron chi connectivity index (χ0n) is 11.4. The van der Waals surface area contributed by atoms with E-state index in [-0.39, 0.29) is 17.5 Å². The molecule has 1 heterocycles. The van der Waals surface area contributed by atoms with Crippen LogP contribution in [0.1, 0.15) is 24.4 Å². The predicted octanol–water partition coefficient (Wildman–Crippen LogP) is 1.36. The number of carbonyl (C=O) groups is 1. The Bertz CT molecular complexity index is 571. The summed E-state index contributed by atoms with van der Waals surface area (Å²) in [7, 11) is 0. The largest absolute Gasteiger partial charge is 0.369 e. The van der Waals surface area contributed by atoms with Crippen LogP contribution in [0.5, 0.6) is 0 Å². The van der Waals surface area contributed by atoms with Crippen LogP contribution in [-0.2, 0) is 4.79 Å².